The first-order chi connectivity index (χ1) is 15.5. The van der Waals surface area contributed by atoms with Gasteiger partial charge < -0.3 is 20.1 Å². The van der Waals surface area contributed by atoms with Crippen LogP contribution in [0.25, 0.3) is 11.3 Å². The Hall–Kier alpha value is -4.08. The molecule has 10 heteroatoms. The first-order valence-electron chi connectivity index (χ1n) is 10.2. The summed E-state index contributed by atoms with van der Waals surface area (Å²) in [6, 6.07) is 11.9. The molecule has 0 atom stereocenters. The predicted octanol–water partition coefficient (Wildman–Crippen LogP) is 3.00. The standard InChI is InChI=1S/C22H23N5O5/c1-26-14-16(21(25-26)15-7-8-19-20(13-15)32-12-4-11-31-19)22(28)24-10-9-23-17-5-2-3-6-18(17)27(29)30/h2-3,5-8,13-14,23H,4,9-12H2,1H3,(H,24,28). The van der Waals surface area contributed by atoms with Crippen molar-refractivity contribution in [2.45, 2.75) is 6.42 Å². The van der Waals surface area contributed by atoms with E-state index in [0.29, 0.717) is 48.2 Å². The predicted molar refractivity (Wildman–Crippen MR) is 118 cm³/mol. The van der Waals surface area contributed by atoms with Crippen molar-refractivity contribution < 1.29 is 19.2 Å². The first kappa shape index (κ1) is 21.2. The van der Waals surface area contributed by atoms with E-state index in [1.807, 2.05) is 18.2 Å². The third-order valence-electron chi connectivity index (χ3n) is 4.92. The van der Waals surface area contributed by atoms with Crippen molar-refractivity contribution in [2.24, 2.45) is 7.05 Å². The van der Waals surface area contributed by atoms with Crippen LogP contribution in [0.3, 0.4) is 0 Å². The second-order valence-corrected chi connectivity index (χ2v) is 7.23. The van der Waals surface area contributed by atoms with E-state index in [9.17, 15) is 14.9 Å². The van der Waals surface area contributed by atoms with Crippen LogP contribution in [0, 0.1) is 10.1 Å². The van der Waals surface area contributed by atoms with E-state index >= 15 is 0 Å². The molecule has 166 valence electrons. The third-order valence-corrected chi connectivity index (χ3v) is 4.92. The normalized spacial score (nSPS) is 12.7. The highest BCUT2D eigenvalue weighted by atomic mass is 16.6. The van der Waals surface area contributed by atoms with Crippen molar-refractivity contribution in [1.82, 2.24) is 15.1 Å². The van der Waals surface area contributed by atoms with E-state index in [1.54, 1.807) is 36.1 Å². The number of rotatable bonds is 7. The number of para-hydroxylation sites is 2. The van der Waals surface area contributed by atoms with E-state index in [4.69, 9.17) is 9.47 Å². The molecule has 10 nitrogen and oxygen atoms in total. The fourth-order valence-electron chi connectivity index (χ4n) is 3.43. The van der Waals surface area contributed by atoms with Crippen LogP contribution < -0.4 is 20.1 Å². The molecule has 0 bridgehead atoms. The fourth-order valence-corrected chi connectivity index (χ4v) is 3.43. The summed E-state index contributed by atoms with van der Waals surface area (Å²) in [5, 5.41) is 21.4. The van der Waals surface area contributed by atoms with E-state index < -0.39 is 4.92 Å². The van der Waals surface area contributed by atoms with Gasteiger partial charge in [0.1, 0.15) is 11.4 Å². The molecule has 0 spiro atoms. The van der Waals surface area contributed by atoms with Crippen LogP contribution >= 0.6 is 0 Å². The minimum Gasteiger partial charge on any atom is -0.490 e. The van der Waals surface area contributed by atoms with Crippen LogP contribution in [0.1, 0.15) is 16.8 Å². The van der Waals surface area contributed by atoms with Crippen molar-refractivity contribution in [2.75, 3.05) is 31.6 Å². The number of aryl methyl sites for hydroxylation is 1. The summed E-state index contributed by atoms with van der Waals surface area (Å²) in [5.41, 5.74) is 2.10. The summed E-state index contributed by atoms with van der Waals surface area (Å²) in [7, 11) is 1.75. The molecule has 0 radical (unpaired) electrons. The molecule has 2 aromatic carbocycles. The van der Waals surface area contributed by atoms with Gasteiger partial charge in [0.2, 0.25) is 0 Å². The molecular formula is C22H23N5O5. The maximum absolute atomic E-state index is 12.8. The Kier molecular flexibility index (Phi) is 6.20. The maximum Gasteiger partial charge on any atom is 0.292 e. The Morgan fingerprint density at radius 2 is 1.94 bits per heavy atom. The van der Waals surface area contributed by atoms with Gasteiger partial charge in [-0.2, -0.15) is 5.10 Å². The summed E-state index contributed by atoms with van der Waals surface area (Å²) in [6.07, 6.45) is 2.46. The van der Waals surface area contributed by atoms with E-state index in [0.717, 1.165) is 12.0 Å². The molecule has 1 aliphatic rings. The lowest BCUT2D eigenvalue weighted by Gasteiger charge is -2.10. The lowest BCUT2D eigenvalue weighted by atomic mass is 10.1. The number of ether oxygens (including phenoxy) is 2. The number of anilines is 1. The number of carbonyl (C=O) groups is 1. The third kappa shape index (κ3) is 4.64. The zero-order chi connectivity index (χ0) is 22.5. The second-order valence-electron chi connectivity index (χ2n) is 7.23. The van der Waals surface area contributed by atoms with Gasteiger partial charge in [-0.3, -0.25) is 19.6 Å². The lowest BCUT2D eigenvalue weighted by molar-refractivity contribution is -0.384. The van der Waals surface area contributed by atoms with Crippen LogP contribution in [0.15, 0.2) is 48.7 Å². The fraction of sp³-hybridized carbons (Fsp3) is 0.273. The number of fused-ring (bicyclic) bond motifs is 1. The highest BCUT2D eigenvalue weighted by Crippen LogP contribution is 2.34. The van der Waals surface area contributed by atoms with Crippen molar-refractivity contribution in [3.63, 3.8) is 0 Å². The van der Waals surface area contributed by atoms with Gasteiger partial charge >= 0.3 is 0 Å². The number of nitrogens with one attached hydrogen (secondary N) is 2. The second kappa shape index (κ2) is 9.38. The van der Waals surface area contributed by atoms with Gasteiger partial charge in [-0.15, -0.1) is 0 Å². The molecule has 0 fully saturated rings. The Morgan fingerprint density at radius 1 is 1.16 bits per heavy atom. The Morgan fingerprint density at radius 3 is 2.75 bits per heavy atom. The largest absolute Gasteiger partial charge is 0.490 e. The summed E-state index contributed by atoms with van der Waals surface area (Å²) >= 11 is 0. The molecule has 1 aliphatic heterocycles. The van der Waals surface area contributed by atoms with Crippen LogP contribution in [-0.2, 0) is 7.05 Å². The summed E-state index contributed by atoms with van der Waals surface area (Å²) < 4.78 is 13.0. The van der Waals surface area contributed by atoms with Gasteiger partial charge in [-0.05, 0) is 24.3 Å². The molecule has 32 heavy (non-hydrogen) atoms. The number of amides is 1. The van der Waals surface area contributed by atoms with Crippen molar-refractivity contribution in [1.29, 1.82) is 0 Å². The van der Waals surface area contributed by atoms with Gasteiger partial charge in [0.05, 0.1) is 23.7 Å². The zero-order valence-electron chi connectivity index (χ0n) is 17.5. The summed E-state index contributed by atoms with van der Waals surface area (Å²) in [5.74, 6) is 1.02. The Bertz CT molecular complexity index is 1140. The molecule has 2 N–H and O–H groups in total. The number of aromatic nitrogens is 2. The van der Waals surface area contributed by atoms with Crippen LogP contribution in [0.5, 0.6) is 11.5 Å². The highest BCUT2D eigenvalue weighted by Gasteiger charge is 2.20. The molecule has 4 rings (SSSR count). The zero-order valence-corrected chi connectivity index (χ0v) is 17.5. The van der Waals surface area contributed by atoms with Gasteiger partial charge in [0, 0.05) is 44.4 Å². The Labute approximate surface area is 184 Å². The molecule has 1 aromatic heterocycles. The molecule has 1 amide bonds. The van der Waals surface area contributed by atoms with E-state index in [-0.39, 0.29) is 18.1 Å². The van der Waals surface area contributed by atoms with Gasteiger partial charge in [-0.1, -0.05) is 12.1 Å². The first-order valence-corrected chi connectivity index (χ1v) is 10.2. The number of hydrogen-bond acceptors (Lipinski definition) is 7. The molecular weight excluding hydrogens is 414 g/mol. The molecule has 0 unspecified atom stereocenters. The number of nitrogens with zero attached hydrogens (tertiary/aromatic N) is 3. The van der Waals surface area contributed by atoms with Crippen LogP contribution in [-0.4, -0.2) is 46.9 Å². The highest BCUT2D eigenvalue weighted by molar-refractivity contribution is 6.00. The van der Waals surface area contributed by atoms with Crippen molar-refractivity contribution >= 4 is 17.3 Å². The maximum atomic E-state index is 12.8. The number of nitro groups is 1. The van der Waals surface area contributed by atoms with E-state index in [1.165, 1.54) is 6.07 Å². The number of nitro benzene ring substituents is 1. The Balaban J connectivity index is 1.43. The summed E-state index contributed by atoms with van der Waals surface area (Å²) in [6.45, 7) is 1.78. The molecule has 0 saturated heterocycles. The molecule has 2 heterocycles. The molecule has 0 aliphatic carbocycles. The van der Waals surface area contributed by atoms with Crippen LogP contribution in [0.4, 0.5) is 11.4 Å². The van der Waals surface area contributed by atoms with Crippen molar-refractivity contribution in [3.8, 4) is 22.8 Å². The molecule has 0 saturated carbocycles. The molecule has 3 aromatic rings. The minimum absolute atomic E-state index is 0.0113. The SMILES string of the molecule is Cn1cc(C(=O)NCCNc2ccccc2[N+](=O)[O-])c(-c2ccc3c(c2)OCCCO3)n1. The smallest absolute Gasteiger partial charge is 0.292 e. The number of hydrogen-bond donors (Lipinski definition) is 2. The van der Waals surface area contributed by atoms with Crippen molar-refractivity contribution in [3.05, 3.63) is 64.3 Å². The average Bonchev–Trinajstić information content (AvgIpc) is 3.03. The van der Waals surface area contributed by atoms with Crippen LogP contribution in [0.2, 0.25) is 0 Å². The monoisotopic (exact) mass is 437 g/mol. The quantitative estimate of drug-likeness (QED) is 0.331. The number of benzene rings is 2. The topological polar surface area (TPSA) is 121 Å². The van der Waals surface area contributed by atoms with Gasteiger partial charge in [0.25, 0.3) is 11.6 Å². The average molecular weight is 437 g/mol. The number of carbonyl (C=O) groups excluding carboxylic acids is 1. The lowest BCUT2D eigenvalue weighted by Crippen LogP contribution is -2.29. The van der Waals surface area contributed by atoms with Gasteiger partial charge in [0.15, 0.2) is 11.5 Å². The minimum atomic E-state index is -0.446. The van der Waals surface area contributed by atoms with E-state index in [2.05, 4.69) is 15.7 Å². The summed E-state index contributed by atoms with van der Waals surface area (Å²) in [4.78, 5) is 23.5. The van der Waals surface area contributed by atoms with Gasteiger partial charge in [-0.25, -0.2) is 0 Å².